The van der Waals surface area contributed by atoms with Crippen LogP contribution in [0.2, 0.25) is 0 Å². The van der Waals surface area contributed by atoms with Crippen LogP contribution in [-0.4, -0.2) is 60.7 Å². The van der Waals surface area contributed by atoms with Crippen molar-refractivity contribution in [2.75, 3.05) is 50.8 Å². The van der Waals surface area contributed by atoms with E-state index in [2.05, 4.69) is 19.8 Å². The molecule has 0 bridgehead atoms. The third kappa shape index (κ3) is 5.13. The van der Waals surface area contributed by atoms with Crippen LogP contribution in [0.15, 0.2) is 12.4 Å². The highest BCUT2D eigenvalue weighted by Crippen LogP contribution is 2.16. The predicted octanol–water partition coefficient (Wildman–Crippen LogP) is 1.13. The van der Waals surface area contributed by atoms with Gasteiger partial charge in [-0.2, -0.15) is 4.98 Å². The number of ether oxygens (including phenoxy) is 1. The summed E-state index contributed by atoms with van der Waals surface area (Å²) in [7, 11) is 0. The molecule has 1 aliphatic rings. The topological polar surface area (TPSA) is 67.5 Å². The first-order chi connectivity index (χ1) is 10.3. The molecule has 1 aromatic rings. The maximum Gasteiger partial charge on any atom is 0.234 e. The predicted molar refractivity (Wildman–Crippen MR) is 84.8 cm³/mol. The third-order valence-electron chi connectivity index (χ3n) is 3.77. The van der Waals surface area contributed by atoms with E-state index in [0.717, 1.165) is 45.0 Å². The molecule has 0 aromatic carbocycles. The second-order valence-corrected chi connectivity index (χ2v) is 5.33. The molecule has 0 aliphatic carbocycles. The van der Waals surface area contributed by atoms with E-state index in [9.17, 15) is 0 Å². The molecule has 118 valence electrons. The smallest absolute Gasteiger partial charge is 0.234 e. The zero-order valence-electron chi connectivity index (χ0n) is 13.0. The van der Waals surface area contributed by atoms with Crippen molar-refractivity contribution >= 4 is 5.82 Å². The van der Waals surface area contributed by atoms with Gasteiger partial charge in [-0.05, 0) is 32.9 Å². The first kappa shape index (κ1) is 16.0. The van der Waals surface area contributed by atoms with E-state index in [1.807, 2.05) is 13.1 Å². The van der Waals surface area contributed by atoms with Crippen molar-refractivity contribution in [1.82, 2.24) is 14.9 Å². The summed E-state index contributed by atoms with van der Waals surface area (Å²) < 4.78 is 5.41. The summed E-state index contributed by atoms with van der Waals surface area (Å²) in [4.78, 5) is 13.5. The summed E-state index contributed by atoms with van der Waals surface area (Å²) in [6.45, 7) is 8.74. The Morgan fingerprint density at radius 2 is 1.95 bits per heavy atom. The summed E-state index contributed by atoms with van der Waals surface area (Å²) in [5.41, 5.74) is 5.52. The average Bonchev–Trinajstić information content (AvgIpc) is 2.53. The number of nitrogens with two attached hydrogens (primary N) is 1. The van der Waals surface area contributed by atoms with Crippen LogP contribution in [0.1, 0.15) is 26.2 Å². The van der Waals surface area contributed by atoms with Gasteiger partial charge in [0.2, 0.25) is 5.88 Å². The molecule has 6 heteroatoms. The number of anilines is 1. The minimum Gasteiger partial charge on any atom is -0.477 e. The Hall–Kier alpha value is -1.40. The van der Waals surface area contributed by atoms with E-state index in [4.69, 9.17) is 10.5 Å². The van der Waals surface area contributed by atoms with Gasteiger partial charge in [0, 0.05) is 26.2 Å². The second-order valence-electron chi connectivity index (χ2n) is 5.33. The molecule has 2 N–H and O–H groups in total. The number of unbranched alkanes of at least 4 members (excludes halogenated alkanes) is 2. The molecular weight excluding hydrogens is 266 g/mol. The number of rotatable bonds is 8. The quantitative estimate of drug-likeness (QED) is 0.725. The normalized spacial score (nSPS) is 16.2. The van der Waals surface area contributed by atoms with Gasteiger partial charge in [-0.3, -0.25) is 9.88 Å². The lowest BCUT2D eigenvalue weighted by molar-refractivity contribution is 0.251. The molecule has 6 nitrogen and oxygen atoms in total. The van der Waals surface area contributed by atoms with Gasteiger partial charge in [0.1, 0.15) is 0 Å². The molecule has 0 saturated carbocycles. The molecule has 1 fully saturated rings. The van der Waals surface area contributed by atoms with Crippen molar-refractivity contribution in [1.29, 1.82) is 0 Å². The Morgan fingerprint density at radius 1 is 1.14 bits per heavy atom. The van der Waals surface area contributed by atoms with E-state index >= 15 is 0 Å². The van der Waals surface area contributed by atoms with Crippen LogP contribution in [0.3, 0.4) is 0 Å². The molecule has 0 radical (unpaired) electrons. The lowest BCUT2D eigenvalue weighted by Crippen LogP contribution is -2.47. The molecule has 1 aromatic heterocycles. The number of hydrogen-bond donors (Lipinski definition) is 1. The molecule has 21 heavy (non-hydrogen) atoms. The first-order valence-electron chi connectivity index (χ1n) is 7.95. The summed E-state index contributed by atoms with van der Waals surface area (Å²) >= 11 is 0. The van der Waals surface area contributed by atoms with E-state index < -0.39 is 0 Å². The van der Waals surface area contributed by atoms with Gasteiger partial charge >= 0.3 is 0 Å². The molecule has 0 spiro atoms. The summed E-state index contributed by atoms with van der Waals surface area (Å²) in [6, 6.07) is 0. The fraction of sp³-hybridized carbons (Fsp3) is 0.733. The number of piperazine rings is 1. The SMILES string of the molecule is CCOc1cncc(N2CCN(CCCCCN)CC2)n1. The lowest BCUT2D eigenvalue weighted by atomic mass is 10.2. The largest absolute Gasteiger partial charge is 0.477 e. The van der Waals surface area contributed by atoms with Crippen molar-refractivity contribution in [2.24, 2.45) is 5.73 Å². The number of nitrogens with zero attached hydrogens (tertiary/aromatic N) is 4. The Balaban J connectivity index is 1.76. The van der Waals surface area contributed by atoms with Crippen LogP contribution in [0.5, 0.6) is 5.88 Å². The zero-order chi connectivity index (χ0) is 14.9. The molecule has 2 heterocycles. The minimum atomic E-state index is 0.610. The highest BCUT2D eigenvalue weighted by Gasteiger charge is 2.18. The Morgan fingerprint density at radius 3 is 2.67 bits per heavy atom. The summed E-state index contributed by atoms with van der Waals surface area (Å²) in [5, 5.41) is 0. The molecular formula is C15H27N5O. The van der Waals surface area contributed by atoms with E-state index in [0.29, 0.717) is 12.5 Å². The third-order valence-corrected chi connectivity index (χ3v) is 3.77. The molecule has 0 atom stereocenters. The lowest BCUT2D eigenvalue weighted by Gasteiger charge is -2.35. The highest BCUT2D eigenvalue weighted by molar-refractivity contribution is 5.38. The Kier molecular flexibility index (Phi) is 6.69. The molecule has 1 aliphatic heterocycles. The van der Waals surface area contributed by atoms with Gasteiger partial charge in [0.15, 0.2) is 5.82 Å². The van der Waals surface area contributed by atoms with E-state index in [1.54, 1.807) is 6.20 Å². The number of hydrogen-bond acceptors (Lipinski definition) is 6. The van der Waals surface area contributed by atoms with Gasteiger partial charge in [0.25, 0.3) is 0 Å². The Labute approximate surface area is 127 Å². The monoisotopic (exact) mass is 293 g/mol. The van der Waals surface area contributed by atoms with Crippen LogP contribution >= 0.6 is 0 Å². The number of aromatic nitrogens is 2. The van der Waals surface area contributed by atoms with Crippen molar-refractivity contribution in [3.63, 3.8) is 0 Å². The van der Waals surface area contributed by atoms with Gasteiger partial charge < -0.3 is 15.4 Å². The second kappa shape index (κ2) is 8.79. The molecule has 0 amide bonds. The van der Waals surface area contributed by atoms with Crippen molar-refractivity contribution < 1.29 is 4.74 Å². The maximum atomic E-state index is 5.52. The first-order valence-corrected chi connectivity index (χ1v) is 7.95. The van der Waals surface area contributed by atoms with Crippen molar-refractivity contribution in [3.8, 4) is 5.88 Å². The van der Waals surface area contributed by atoms with Crippen LogP contribution in [-0.2, 0) is 0 Å². The van der Waals surface area contributed by atoms with Gasteiger partial charge in [-0.25, -0.2) is 0 Å². The molecule has 2 rings (SSSR count). The van der Waals surface area contributed by atoms with Gasteiger partial charge in [-0.15, -0.1) is 0 Å². The molecule has 1 saturated heterocycles. The van der Waals surface area contributed by atoms with Crippen LogP contribution in [0.4, 0.5) is 5.82 Å². The summed E-state index contributed by atoms with van der Waals surface area (Å²) in [6.07, 6.45) is 7.11. The van der Waals surface area contributed by atoms with Crippen molar-refractivity contribution in [3.05, 3.63) is 12.4 Å². The van der Waals surface area contributed by atoms with Gasteiger partial charge in [0.05, 0.1) is 19.0 Å². The van der Waals surface area contributed by atoms with Crippen LogP contribution < -0.4 is 15.4 Å². The highest BCUT2D eigenvalue weighted by atomic mass is 16.5. The van der Waals surface area contributed by atoms with Gasteiger partial charge in [-0.1, -0.05) is 6.42 Å². The van der Waals surface area contributed by atoms with E-state index in [-0.39, 0.29) is 0 Å². The zero-order valence-corrected chi connectivity index (χ0v) is 13.0. The van der Waals surface area contributed by atoms with Crippen LogP contribution in [0, 0.1) is 0 Å². The standard InChI is InChI=1S/C15H27N5O/c1-2-21-15-13-17-12-14(18-15)20-10-8-19(9-11-20)7-5-3-4-6-16/h12-13H,2-11,16H2,1H3. The van der Waals surface area contributed by atoms with Crippen molar-refractivity contribution in [2.45, 2.75) is 26.2 Å². The Bertz CT molecular complexity index is 407. The van der Waals surface area contributed by atoms with Crippen LogP contribution in [0.25, 0.3) is 0 Å². The van der Waals surface area contributed by atoms with E-state index in [1.165, 1.54) is 19.4 Å². The fourth-order valence-corrected chi connectivity index (χ4v) is 2.57. The summed E-state index contributed by atoms with van der Waals surface area (Å²) in [5.74, 6) is 1.53. The molecule has 0 unspecified atom stereocenters. The average molecular weight is 293 g/mol. The minimum absolute atomic E-state index is 0.610. The maximum absolute atomic E-state index is 5.52. The fourth-order valence-electron chi connectivity index (χ4n) is 2.57.